The lowest BCUT2D eigenvalue weighted by Gasteiger charge is -2.27. The number of nitro groups is 1. The summed E-state index contributed by atoms with van der Waals surface area (Å²) in [6.45, 7) is -0.672. The van der Waals surface area contributed by atoms with Crippen molar-refractivity contribution in [2.45, 2.75) is 31.7 Å². The van der Waals surface area contributed by atoms with Gasteiger partial charge in [0, 0.05) is 28.6 Å². The van der Waals surface area contributed by atoms with Gasteiger partial charge in [-0.3, -0.25) is 29.8 Å². The molecule has 0 saturated heterocycles. The number of urea groups is 1. The van der Waals surface area contributed by atoms with Crippen molar-refractivity contribution in [1.82, 2.24) is 10.6 Å². The highest BCUT2D eigenvalue weighted by Gasteiger charge is 2.35. The van der Waals surface area contributed by atoms with Gasteiger partial charge in [0.2, 0.25) is 0 Å². The van der Waals surface area contributed by atoms with Crippen molar-refractivity contribution in [3.05, 3.63) is 81.4 Å². The SMILES string of the molecule is O=C(COC(=O)c1ccc(N2C(=O)c3cccc4c([N+](=O)[O-])ccc(c34)C2=O)cc1)NC(=O)NC1CCCC1. The highest BCUT2D eigenvalue weighted by Crippen LogP contribution is 2.36. The van der Waals surface area contributed by atoms with Crippen molar-refractivity contribution in [2.24, 2.45) is 0 Å². The van der Waals surface area contributed by atoms with E-state index in [0.717, 1.165) is 30.6 Å². The molecule has 12 heteroatoms. The summed E-state index contributed by atoms with van der Waals surface area (Å²) in [5, 5.41) is 16.6. The molecule has 2 N–H and O–H groups in total. The summed E-state index contributed by atoms with van der Waals surface area (Å²) in [6, 6.07) is 11.8. The van der Waals surface area contributed by atoms with Gasteiger partial charge in [-0.1, -0.05) is 18.9 Å². The predicted octanol–water partition coefficient (Wildman–Crippen LogP) is 3.47. The lowest BCUT2D eigenvalue weighted by molar-refractivity contribution is -0.383. The highest BCUT2D eigenvalue weighted by atomic mass is 16.6. The van der Waals surface area contributed by atoms with Crippen molar-refractivity contribution in [3.63, 3.8) is 0 Å². The third kappa shape index (κ3) is 4.91. The number of amides is 5. The quantitative estimate of drug-likeness (QED) is 0.212. The molecule has 1 heterocycles. The van der Waals surface area contributed by atoms with Crippen LogP contribution in [0, 0.1) is 10.1 Å². The number of hydrogen-bond acceptors (Lipinski definition) is 8. The molecule has 1 saturated carbocycles. The molecule has 0 atom stereocenters. The fraction of sp³-hybridized carbons (Fsp3) is 0.222. The number of carbonyl (C=O) groups excluding carboxylic acids is 5. The summed E-state index contributed by atoms with van der Waals surface area (Å²) in [4.78, 5) is 74.5. The third-order valence-corrected chi connectivity index (χ3v) is 6.72. The second-order valence-electron chi connectivity index (χ2n) is 9.19. The minimum atomic E-state index is -0.841. The molecule has 12 nitrogen and oxygen atoms in total. The van der Waals surface area contributed by atoms with Crippen molar-refractivity contribution in [3.8, 4) is 0 Å². The summed E-state index contributed by atoms with van der Waals surface area (Å²) in [7, 11) is 0. The minimum Gasteiger partial charge on any atom is -0.452 e. The molecule has 0 radical (unpaired) electrons. The predicted molar refractivity (Wildman–Crippen MR) is 137 cm³/mol. The smallest absolute Gasteiger partial charge is 0.338 e. The molecule has 1 aliphatic heterocycles. The van der Waals surface area contributed by atoms with Crippen LogP contribution >= 0.6 is 0 Å². The van der Waals surface area contributed by atoms with Crippen LogP contribution in [0.1, 0.15) is 56.8 Å². The summed E-state index contributed by atoms with van der Waals surface area (Å²) < 4.78 is 4.97. The van der Waals surface area contributed by atoms with Crippen molar-refractivity contribution < 1.29 is 33.6 Å². The third-order valence-electron chi connectivity index (χ3n) is 6.72. The summed E-state index contributed by atoms with van der Waals surface area (Å²) in [6.07, 6.45) is 3.74. The fourth-order valence-electron chi connectivity index (χ4n) is 4.89. The van der Waals surface area contributed by atoms with Crippen molar-refractivity contribution >= 4 is 51.9 Å². The van der Waals surface area contributed by atoms with Gasteiger partial charge in [-0.15, -0.1) is 0 Å². The number of nitrogens with one attached hydrogen (secondary N) is 2. The molecule has 39 heavy (non-hydrogen) atoms. The van der Waals surface area contributed by atoms with Crippen LogP contribution in [-0.4, -0.2) is 47.3 Å². The van der Waals surface area contributed by atoms with Gasteiger partial charge in [-0.2, -0.15) is 0 Å². The molecule has 5 rings (SSSR count). The molecule has 2 aliphatic rings. The zero-order chi connectivity index (χ0) is 27.7. The first-order valence-electron chi connectivity index (χ1n) is 12.2. The molecule has 0 unspecified atom stereocenters. The summed E-state index contributed by atoms with van der Waals surface area (Å²) in [5.41, 5.74) is 0.283. The van der Waals surface area contributed by atoms with E-state index in [1.54, 1.807) is 0 Å². The molecular formula is C27H22N4O8. The number of imide groups is 2. The van der Waals surface area contributed by atoms with Gasteiger partial charge in [-0.05, 0) is 55.3 Å². The van der Waals surface area contributed by atoms with E-state index in [2.05, 4.69) is 10.6 Å². The molecule has 3 aromatic carbocycles. The van der Waals surface area contributed by atoms with Gasteiger partial charge in [0.25, 0.3) is 23.4 Å². The number of esters is 1. The number of rotatable bonds is 6. The topological polar surface area (TPSA) is 165 Å². The highest BCUT2D eigenvalue weighted by molar-refractivity contribution is 6.36. The maximum absolute atomic E-state index is 13.3. The lowest BCUT2D eigenvalue weighted by atomic mass is 9.92. The van der Waals surface area contributed by atoms with Crippen molar-refractivity contribution in [1.29, 1.82) is 0 Å². The van der Waals surface area contributed by atoms with Gasteiger partial charge >= 0.3 is 12.0 Å². The van der Waals surface area contributed by atoms with Gasteiger partial charge in [0.1, 0.15) is 0 Å². The number of nitro benzene ring substituents is 1. The number of carbonyl (C=O) groups is 5. The maximum Gasteiger partial charge on any atom is 0.338 e. The van der Waals surface area contributed by atoms with E-state index in [1.807, 2.05) is 0 Å². The molecule has 5 amide bonds. The Morgan fingerprint density at radius 2 is 1.62 bits per heavy atom. The number of nitrogens with zero attached hydrogens (tertiary/aromatic N) is 2. The lowest BCUT2D eigenvalue weighted by Crippen LogP contribution is -2.45. The second kappa shape index (κ2) is 10.3. The van der Waals surface area contributed by atoms with E-state index in [4.69, 9.17) is 4.74 Å². The van der Waals surface area contributed by atoms with Crippen LogP contribution in [0.3, 0.4) is 0 Å². The van der Waals surface area contributed by atoms with Gasteiger partial charge in [0.15, 0.2) is 6.61 Å². The largest absolute Gasteiger partial charge is 0.452 e. The first-order valence-corrected chi connectivity index (χ1v) is 12.2. The Balaban J connectivity index is 1.26. The molecule has 1 aliphatic carbocycles. The van der Waals surface area contributed by atoms with Crippen LogP contribution in [0.25, 0.3) is 10.8 Å². The number of non-ortho nitro benzene ring substituents is 1. The van der Waals surface area contributed by atoms with Crippen LogP contribution in [0.5, 0.6) is 0 Å². The Kier molecular flexibility index (Phi) is 6.75. The Morgan fingerprint density at radius 1 is 0.949 bits per heavy atom. The Morgan fingerprint density at radius 3 is 2.28 bits per heavy atom. The molecule has 198 valence electrons. The van der Waals surface area contributed by atoms with Crippen LogP contribution in [-0.2, 0) is 9.53 Å². The molecule has 0 aromatic heterocycles. The van der Waals surface area contributed by atoms with Crippen LogP contribution in [0.2, 0.25) is 0 Å². The first kappa shape index (κ1) is 25.5. The Hall–Kier alpha value is -5.13. The molecule has 1 fully saturated rings. The maximum atomic E-state index is 13.3. The Labute approximate surface area is 221 Å². The van der Waals surface area contributed by atoms with E-state index in [0.29, 0.717) is 0 Å². The summed E-state index contributed by atoms with van der Waals surface area (Å²) in [5.74, 6) is -2.96. The number of hydrogen-bond donors (Lipinski definition) is 2. The molecule has 3 aromatic rings. The monoisotopic (exact) mass is 530 g/mol. The van der Waals surface area contributed by atoms with Gasteiger partial charge in [-0.25, -0.2) is 14.5 Å². The molecular weight excluding hydrogens is 508 g/mol. The zero-order valence-electron chi connectivity index (χ0n) is 20.5. The van der Waals surface area contributed by atoms with Crippen LogP contribution < -0.4 is 15.5 Å². The average molecular weight is 530 g/mol. The number of ether oxygens (including phenoxy) is 1. The first-order chi connectivity index (χ1) is 18.7. The van der Waals surface area contributed by atoms with E-state index in [1.165, 1.54) is 54.6 Å². The molecule has 0 bridgehead atoms. The van der Waals surface area contributed by atoms with Gasteiger partial charge < -0.3 is 10.1 Å². The number of benzene rings is 3. The van der Waals surface area contributed by atoms with Crippen LogP contribution in [0.4, 0.5) is 16.2 Å². The average Bonchev–Trinajstić information content (AvgIpc) is 3.43. The standard InChI is InChI=1S/C27H22N4O8/c32-22(29-27(36)28-16-4-1-2-5-16)14-39-26(35)15-8-10-17(11-9-15)30-24(33)19-7-3-6-18-21(31(37)38)13-12-20(23(18)19)25(30)34/h3,6-13,16H,1-2,4-5,14H2,(H2,28,29,32,36). The van der Waals surface area contributed by atoms with Gasteiger partial charge in [0.05, 0.1) is 21.6 Å². The summed E-state index contributed by atoms with van der Waals surface area (Å²) >= 11 is 0. The van der Waals surface area contributed by atoms with E-state index < -0.39 is 41.3 Å². The molecule has 0 spiro atoms. The number of anilines is 1. The Bertz CT molecular complexity index is 1520. The zero-order valence-corrected chi connectivity index (χ0v) is 20.5. The minimum absolute atomic E-state index is 0.0254. The van der Waals surface area contributed by atoms with Crippen LogP contribution in [0.15, 0.2) is 54.6 Å². The van der Waals surface area contributed by atoms with E-state index in [-0.39, 0.29) is 44.9 Å². The van der Waals surface area contributed by atoms with E-state index >= 15 is 0 Å². The second-order valence-corrected chi connectivity index (χ2v) is 9.19. The van der Waals surface area contributed by atoms with Crippen molar-refractivity contribution in [2.75, 3.05) is 11.5 Å². The normalized spacial score (nSPS) is 14.8. The fourth-order valence-corrected chi connectivity index (χ4v) is 4.89. The van der Waals surface area contributed by atoms with E-state index in [9.17, 15) is 34.1 Å².